The molecular formula is C14H12FNO2. The molecule has 2 aromatic carbocycles. The Bertz CT molecular complexity index is 555. The predicted molar refractivity (Wildman–Crippen MR) is 65.7 cm³/mol. The lowest BCUT2D eigenvalue weighted by Gasteiger charge is -2.08. The summed E-state index contributed by atoms with van der Waals surface area (Å²) in [6, 6.07) is 13.2. The van der Waals surface area contributed by atoms with Gasteiger partial charge < -0.3 is 10.5 Å². The Morgan fingerprint density at radius 2 is 1.89 bits per heavy atom. The highest BCUT2D eigenvalue weighted by Crippen LogP contribution is 2.19. The summed E-state index contributed by atoms with van der Waals surface area (Å²) in [5.74, 6) is -1.11. The first-order valence-corrected chi connectivity index (χ1v) is 5.43. The van der Waals surface area contributed by atoms with E-state index in [9.17, 15) is 9.18 Å². The standard InChI is InChI=1S/C14H12FNO2/c15-12-7-6-11(14(16)17)8-13(12)18-9-10-4-2-1-3-5-10/h1-8H,9H2,(H2,16,17). The molecule has 0 bridgehead atoms. The van der Waals surface area contributed by atoms with Crippen molar-refractivity contribution in [3.63, 3.8) is 0 Å². The van der Waals surface area contributed by atoms with Crippen LogP contribution in [0.1, 0.15) is 15.9 Å². The highest BCUT2D eigenvalue weighted by Gasteiger charge is 2.08. The third-order valence-corrected chi connectivity index (χ3v) is 2.45. The number of primary amides is 1. The van der Waals surface area contributed by atoms with Crippen molar-refractivity contribution in [2.45, 2.75) is 6.61 Å². The fourth-order valence-electron chi connectivity index (χ4n) is 1.50. The van der Waals surface area contributed by atoms with Gasteiger partial charge in [0.05, 0.1) is 0 Å². The summed E-state index contributed by atoms with van der Waals surface area (Å²) < 4.78 is 18.8. The maximum absolute atomic E-state index is 13.5. The smallest absolute Gasteiger partial charge is 0.248 e. The average Bonchev–Trinajstić information content (AvgIpc) is 2.38. The number of amides is 1. The second kappa shape index (κ2) is 5.31. The number of benzene rings is 2. The van der Waals surface area contributed by atoms with Crippen LogP contribution in [0.5, 0.6) is 5.75 Å². The second-order valence-electron chi connectivity index (χ2n) is 3.78. The number of nitrogens with two attached hydrogens (primary N) is 1. The SMILES string of the molecule is NC(=O)c1ccc(F)c(OCc2ccccc2)c1. The Labute approximate surface area is 104 Å². The van der Waals surface area contributed by atoms with E-state index < -0.39 is 11.7 Å². The average molecular weight is 245 g/mol. The van der Waals surface area contributed by atoms with Crippen molar-refractivity contribution in [3.05, 3.63) is 65.5 Å². The summed E-state index contributed by atoms with van der Waals surface area (Å²) in [6.45, 7) is 0.236. The third kappa shape index (κ3) is 2.85. The molecular weight excluding hydrogens is 233 g/mol. The Hall–Kier alpha value is -2.36. The van der Waals surface area contributed by atoms with Crippen LogP contribution in [0.4, 0.5) is 4.39 Å². The third-order valence-electron chi connectivity index (χ3n) is 2.45. The first-order valence-electron chi connectivity index (χ1n) is 5.43. The van der Waals surface area contributed by atoms with Crippen LogP contribution in [0.25, 0.3) is 0 Å². The van der Waals surface area contributed by atoms with Gasteiger partial charge in [-0.2, -0.15) is 0 Å². The van der Waals surface area contributed by atoms with Crippen molar-refractivity contribution in [2.24, 2.45) is 5.73 Å². The number of ether oxygens (including phenoxy) is 1. The maximum Gasteiger partial charge on any atom is 0.248 e. The van der Waals surface area contributed by atoms with Gasteiger partial charge >= 0.3 is 0 Å². The van der Waals surface area contributed by atoms with Crippen LogP contribution in [-0.2, 0) is 6.61 Å². The molecule has 4 heteroatoms. The van der Waals surface area contributed by atoms with Crippen LogP contribution < -0.4 is 10.5 Å². The normalized spacial score (nSPS) is 10.1. The Morgan fingerprint density at radius 3 is 2.56 bits per heavy atom. The van der Waals surface area contributed by atoms with E-state index in [2.05, 4.69) is 0 Å². The van der Waals surface area contributed by atoms with Crippen molar-refractivity contribution in [2.75, 3.05) is 0 Å². The number of carbonyl (C=O) groups excluding carboxylic acids is 1. The molecule has 0 aliphatic heterocycles. The van der Waals surface area contributed by atoms with Gasteiger partial charge in [0.25, 0.3) is 0 Å². The number of halogens is 1. The number of hydrogen-bond donors (Lipinski definition) is 1. The molecule has 0 atom stereocenters. The van der Waals surface area contributed by atoms with E-state index in [4.69, 9.17) is 10.5 Å². The molecule has 0 spiro atoms. The summed E-state index contributed by atoms with van der Waals surface area (Å²) in [4.78, 5) is 11.0. The molecule has 0 fully saturated rings. The van der Waals surface area contributed by atoms with E-state index in [-0.39, 0.29) is 17.9 Å². The monoisotopic (exact) mass is 245 g/mol. The maximum atomic E-state index is 13.5. The summed E-state index contributed by atoms with van der Waals surface area (Å²) in [5, 5.41) is 0. The minimum absolute atomic E-state index is 0.0233. The molecule has 18 heavy (non-hydrogen) atoms. The minimum Gasteiger partial charge on any atom is -0.486 e. The van der Waals surface area contributed by atoms with Crippen LogP contribution in [0.3, 0.4) is 0 Å². The molecule has 2 rings (SSSR count). The molecule has 2 N–H and O–H groups in total. The van der Waals surface area contributed by atoms with Gasteiger partial charge in [0.15, 0.2) is 11.6 Å². The fourth-order valence-corrected chi connectivity index (χ4v) is 1.50. The van der Waals surface area contributed by atoms with E-state index in [1.807, 2.05) is 30.3 Å². The predicted octanol–water partition coefficient (Wildman–Crippen LogP) is 2.50. The van der Waals surface area contributed by atoms with Gasteiger partial charge in [0.1, 0.15) is 6.61 Å². The van der Waals surface area contributed by atoms with Gasteiger partial charge in [-0.25, -0.2) is 4.39 Å². The van der Waals surface area contributed by atoms with E-state index in [0.717, 1.165) is 5.56 Å². The zero-order valence-electron chi connectivity index (χ0n) is 9.60. The zero-order chi connectivity index (χ0) is 13.0. The van der Waals surface area contributed by atoms with Crippen molar-refractivity contribution in [1.82, 2.24) is 0 Å². The van der Waals surface area contributed by atoms with Gasteiger partial charge in [0.2, 0.25) is 5.91 Å². The molecule has 0 aliphatic carbocycles. The summed E-state index contributed by atoms with van der Waals surface area (Å²) >= 11 is 0. The van der Waals surface area contributed by atoms with Crippen LogP contribution >= 0.6 is 0 Å². The zero-order valence-corrected chi connectivity index (χ0v) is 9.60. The number of carbonyl (C=O) groups is 1. The molecule has 2 aromatic rings. The number of hydrogen-bond acceptors (Lipinski definition) is 2. The van der Waals surface area contributed by atoms with Gasteiger partial charge in [-0.1, -0.05) is 30.3 Å². The molecule has 0 aromatic heterocycles. The second-order valence-corrected chi connectivity index (χ2v) is 3.78. The quantitative estimate of drug-likeness (QED) is 0.899. The van der Waals surface area contributed by atoms with Gasteiger partial charge in [0, 0.05) is 5.56 Å². The minimum atomic E-state index is -0.612. The van der Waals surface area contributed by atoms with E-state index in [1.54, 1.807) is 0 Å². The molecule has 1 amide bonds. The highest BCUT2D eigenvalue weighted by molar-refractivity contribution is 5.93. The lowest BCUT2D eigenvalue weighted by molar-refractivity contribution is 0.0999. The largest absolute Gasteiger partial charge is 0.486 e. The summed E-state index contributed by atoms with van der Waals surface area (Å²) in [5.41, 5.74) is 6.26. The highest BCUT2D eigenvalue weighted by atomic mass is 19.1. The molecule has 0 unspecified atom stereocenters. The van der Waals surface area contributed by atoms with Crippen molar-refractivity contribution >= 4 is 5.91 Å². The van der Waals surface area contributed by atoms with Crippen LogP contribution in [0, 0.1) is 5.82 Å². The molecule has 0 saturated heterocycles. The Kier molecular flexibility index (Phi) is 3.57. The molecule has 0 radical (unpaired) electrons. The lowest BCUT2D eigenvalue weighted by Crippen LogP contribution is -2.11. The molecule has 0 aliphatic rings. The summed E-state index contributed by atoms with van der Waals surface area (Å²) in [7, 11) is 0. The molecule has 0 heterocycles. The van der Waals surface area contributed by atoms with E-state index >= 15 is 0 Å². The lowest BCUT2D eigenvalue weighted by atomic mass is 10.2. The Morgan fingerprint density at radius 1 is 1.17 bits per heavy atom. The fraction of sp³-hybridized carbons (Fsp3) is 0.0714. The van der Waals surface area contributed by atoms with Gasteiger partial charge in [-0.3, -0.25) is 4.79 Å². The van der Waals surface area contributed by atoms with Gasteiger partial charge in [-0.15, -0.1) is 0 Å². The van der Waals surface area contributed by atoms with E-state index in [0.29, 0.717) is 0 Å². The first-order chi connectivity index (χ1) is 8.66. The van der Waals surface area contributed by atoms with Crippen molar-refractivity contribution in [3.8, 4) is 5.75 Å². The molecule has 3 nitrogen and oxygen atoms in total. The Balaban J connectivity index is 2.14. The van der Waals surface area contributed by atoms with Crippen molar-refractivity contribution < 1.29 is 13.9 Å². The van der Waals surface area contributed by atoms with Crippen LogP contribution in [0.15, 0.2) is 48.5 Å². The van der Waals surface area contributed by atoms with E-state index in [1.165, 1.54) is 18.2 Å². The van der Waals surface area contributed by atoms with Crippen LogP contribution in [0.2, 0.25) is 0 Å². The van der Waals surface area contributed by atoms with Crippen LogP contribution in [-0.4, -0.2) is 5.91 Å². The topological polar surface area (TPSA) is 52.3 Å². The van der Waals surface area contributed by atoms with Crippen molar-refractivity contribution in [1.29, 1.82) is 0 Å². The number of rotatable bonds is 4. The molecule has 92 valence electrons. The summed E-state index contributed by atoms with van der Waals surface area (Å²) in [6.07, 6.45) is 0. The first kappa shape index (κ1) is 12.1. The van der Waals surface area contributed by atoms with Gasteiger partial charge in [-0.05, 0) is 23.8 Å². The molecule has 0 saturated carbocycles.